The molecule has 0 atom stereocenters. The van der Waals surface area contributed by atoms with E-state index >= 15 is 0 Å². The van der Waals surface area contributed by atoms with Crippen molar-refractivity contribution in [2.24, 2.45) is 0 Å². The van der Waals surface area contributed by atoms with E-state index in [4.69, 9.17) is 5.73 Å². The van der Waals surface area contributed by atoms with Crippen LogP contribution in [0.25, 0.3) is 11.1 Å². The normalized spacial score (nSPS) is 10.0. The molecule has 120 valence electrons. The summed E-state index contributed by atoms with van der Waals surface area (Å²) >= 11 is 0. The molecular formula is C15H17N5O3. The van der Waals surface area contributed by atoms with Gasteiger partial charge in [-0.15, -0.1) is 0 Å². The molecule has 8 nitrogen and oxygen atoms in total. The quantitative estimate of drug-likeness (QED) is 0.890. The summed E-state index contributed by atoms with van der Waals surface area (Å²) in [6.45, 7) is 0. The van der Waals surface area contributed by atoms with E-state index in [2.05, 4.69) is 20.0 Å². The number of methoxy groups -OCH3 is 1. The molecular weight excluding hydrogens is 298 g/mol. The molecule has 0 radical (unpaired) electrons. The third kappa shape index (κ3) is 3.73. The molecule has 8 heteroatoms. The van der Waals surface area contributed by atoms with Crippen LogP contribution in [-0.2, 0) is 4.74 Å². The van der Waals surface area contributed by atoms with Gasteiger partial charge in [0.2, 0.25) is 0 Å². The Balaban J connectivity index is 2.39. The molecule has 2 aromatic rings. The Hall–Kier alpha value is -3.16. The summed E-state index contributed by atoms with van der Waals surface area (Å²) in [6, 6.07) is 5.04. The minimum Gasteiger partial charge on any atom is -0.453 e. The van der Waals surface area contributed by atoms with Crippen molar-refractivity contribution in [1.82, 2.24) is 14.9 Å². The van der Waals surface area contributed by atoms with Gasteiger partial charge in [0.25, 0.3) is 5.91 Å². The number of amides is 2. The lowest BCUT2D eigenvalue weighted by atomic mass is 10.1. The number of carbonyl (C=O) groups excluding carboxylic acids is 2. The molecule has 0 aliphatic rings. The van der Waals surface area contributed by atoms with Gasteiger partial charge in [-0.2, -0.15) is 0 Å². The molecule has 2 amide bonds. The zero-order valence-electron chi connectivity index (χ0n) is 13.0. The van der Waals surface area contributed by atoms with E-state index in [1.54, 1.807) is 38.5 Å². The van der Waals surface area contributed by atoms with Crippen molar-refractivity contribution in [2.45, 2.75) is 0 Å². The summed E-state index contributed by atoms with van der Waals surface area (Å²) in [5.41, 5.74) is 7.50. The topological polar surface area (TPSA) is 110 Å². The fraction of sp³-hybridized carbons (Fsp3) is 0.200. The molecule has 0 bridgehead atoms. The monoisotopic (exact) mass is 315 g/mol. The average Bonchev–Trinajstić information content (AvgIpc) is 2.54. The van der Waals surface area contributed by atoms with Crippen LogP contribution in [0.15, 0.2) is 30.6 Å². The lowest BCUT2D eigenvalue weighted by Gasteiger charge is -2.13. The van der Waals surface area contributed by atoms with Crippen molar-refractivity contribution in [1.29, 1.82) is 0 Å². The molecule has 0 fully saturated rings. The molecule has 0 saturated carbocycles. The zero-order chi connectivity index (χ0) is 17.0. The fourth-order valence-electron chi connectivity index (χ4n) is 1.88. The first-order valence-electron chi connectivity index (χ1n) is 6.71. The molecule has 0 spiro atoms. The minimum absolute atomic E-state index is 0.161. The third-order valence-electron chi connectivity index (χ3n) is 3.06. The Labute approximate surface area is 133 Å². The molecule has 0 aliphatic heterocycles. The standard InChI is InChI=1S/C15H17N5O3/c1-20(2)14(21)11-6-10(8-18-13(11)16)9-4-5-17-12(7-9)19-15(22)23-3/h4-8H,1-3H3,(H2,16,18)(H,17,19,22). The number of nitrogens with zero attached hydrogens (tertiary/aromatic N) is 3. The second kappa shape index (κ2) is 6.73. The van der Waals surface area contributed by atoms with E-state index in [1.807, 2.05) is 0 Å². The van der Waals surface area contributed by atoms with Gasteiger partial charge in [0.15, 0.2) is 0 Å². The largest absolute Gasteiger partial charge is 0.453 e. The predicted octanol–water partition coefficient (Wildman–Crippen LogP) is 1.61. The number of rotatable bonds is 3. The maximum Gasteiger partial charge on any atom is 0.412 e. The number of aromatic nitrogens is 2. The Morgan fingerprint density at radius 3 is 2.61 bits per heavy atom. The summed E-state index contributed by atoms with van der Waals surface area (Å²) in [7, 11) is 4.54. The van der Waals surface area contributed by atoms with Gasteiger partial charge in [0.05, 0.1) is 12.7 Å². The number of hydrogen-bond donors (Lipinski definition) is 2. The van der Waals surface area contributed by atoms with E-state index in [9.17, 15) is 9.59 Å². The van der Waals surface area contributed by atoms with Crippen LogP contribution in [0.4, 0.5) is 16.4 Å². The number of nitrogen functional groups attached to an aromatic ring is 1. The SMILES string of the molecule is COC(=O)Nc1cc(-c2cnc(N)c(C(=O)N(C)C)c2)ccn1. The third-order valence-corrected chi connectivity index (χ3v) is 3.06. The van der Waals surface area contributed by atoms with E-state index in [1.165, 1.54) is 18.2 Å². The van der Waals surface area contributed by atoms with Gasteiger partial charge >= 0.3 is 6.09 Å². The van der Waals surface area contributed by atoms with Crippen LogP contribution >= 0.6 is 0 Å². The van der Waals surface area contributed by atoms with Crippen LogP contribution in [0.2, 0.25) is 0 Å². The van der Waals surface area contributed by atoms with Crippen LogP contribution in [0.1, 0.15) is 10.4 Å². The van der Waals surface area contributed by atoms with Crippen LogP contribution in [-0.4, -0.2) is 48.1 Å². The molecule has 2 heterocycles. The first-order valence-corrected chi connectivity index (χ1v) is 6.71. The Morgan fingerprint density at radius 2 is 1.96 bits per heavy atom. The highest BCUT2D eigenvalue weighted by Gasteiger charge is 2.14. The van der Waals surface area contributed by atoms with Gasteiger partial charge in [0.1, 0.15) is 11.6 Å². The number of ether oxygens (including phenoxy) is 1. The van der Waals surface area contributed by atoms with E-state index in [0.29, 0.717) is 16.9 Å². The second-order valence-electron chi connectivity index (χ2n) is 4.90. The van der Waals surface area contributed by atoms with Crippen molar-refractivity contribution >= 4 is 23.6 Å². The highest BCUT2D eigenvalue weighted by Crippen LogP contribution is 2.24. The number of nitrogens with one attached hydrogen (secondary N) is 1. The van der Waals surface area contributed by atoms with Crippen LogP contribution in [0, 0.1) is 0 Å². The molecule has 3 N–H and O–H groups in total. The number of nitrogens with two attached hydrogens (primary N) is 1. The van der Waals surface area contributed by atoms with Gasteiger partial charge in [-0.25, -0.2) is 14.8 Å². The summed E-state index contributed by atoms with van der Waals surface area (Å²) in [4.78, 5) is 32.9. The van der Waals surface area contributed by atoms with Crippen molar-refractivity contribution < 1.29 is 14.3 Å². The van der Waals surface area contributed by atoms with Crippen LogP contribution < -0.4 is 11.1 Å². The first-order chi connectivity index (χ1) is 10.9. The second-order valence-corrected chi connectivity index (χ2v) is 4.90. The smallest absolute Gasteiger partial charge is 0.412 e. The summed E-state index contributed by atoms with van der Waals surface area (Å²) in [5, 5.41) is 2.48. The highest BCUT2D eigenvalue weighted by atomic mass is 16.5. The van der Waals surface area contributed by atoms with E-state index < -0.39 is 6.09 Å². The summed E-state index contributed by atoms with van der Waals surface area (Å²) in [6.07, 6.45) is 2.47. The summed E-state index contributed by atoms with van der Waals surface area (Å²) in [5.74, 6) is 0.250. The van der Waals surface area contributed by atoms with Gasteiger partial charge in [-0.3, -0.25) is 10.1 Å². The van der Waals surface area contributed by atoms with E-state index in [0.717, 1.165) is 5.56 Å². The first kappa shape index (κ1) is 16.2. The zero-order valence-corrected chi connectivity index (χ0v) is 13.0. The molecule has 0 aliphatic carbocycles. The van der Waals surface area contributed by atoms with Gasteiger partial charge in [0, 0.05) is 32.1 Å². The Morgan fingerprint density at radius 1 is 1.22 bits per heavy atom. The Bertz CT molecular complexity index is 746. The minimum atomic E-state index is -0.617. The van der Waals surface area contributed by atoms with Crippen LogP contribution in [0.3, 0.4) is 0 Å². The summed E-state index contributed by atoms with van der Waals surface area (Å²) < 4.78 is 4.52. The average molecular weight is 315 g/mol. The Kier molecular flexibility index (Phi) is 4.75. The number of hydrogen-bond acceptors (Lipinski definition) is 6. The number of carbonyl (C=O) groups is 2. The maximum absolute atomic E-state index is 12.1. The van der Waals surface area contributed by atoms with Crippen molar-refractivity contribution in [3.8, 4) is 11.1 Å². The molecule has 2 aromatic heterocycles. The molecule has 2 rings (SSSR count). The van der Waals surface area contributed by atoms with Crippen molar-refractivity contribution in [3.63, 3.8) is 0 Å². The van der Waals surface area contributed by atoms with E-state index in [-0.39, 0.29) is 11.7 Å². The highest BCUT2D eigenvalue weighted by molar-refractivity contribution is 5.99. The van der Waals surface area contributed by atoms with Crippen molar-refractivity contribution in [3.05, 3.63) is 36.2 Å². The molecule has 23 heavy (non-hydrogen) atoms. The predicted molar refractivity (Wildman–Crippen MR) is 85.9 cm³/mol. The van der Waals surface area contributed by atoms with Crippen LogP contribution in [0.5, 0.6) is 0 Å². The van der Waals surface area contributed by atoms with Gasteiger partial charge in [-0.1, -0.05) is 0 Å². The number of anilines is 2. The number of pyridine rings is 2. The van der Waals surface area contributed by atoms with Gasteiger partial charge in [-0.05, 0) is 23.8 Å². The van der Waals surface area contributed by atoms with Crippen molar-refractivity contribution in [2.75, 3.05) is 32.3 Å². The fourth-order valence-corrected chi connectivity index (χ4v) is 1.88. The lowest BCUT2D eigenvalue weighted by molar-refractivity contribution is 0.0828. The molecule has 0 unspecified atom stereocenters. The lowest BCUT2D eigenvalue weighted by Crippen LogP contribution is -2.23. The molecule has 0 saturated heterocycles. The van der Waals surface area contributed by atoms with Gasteiger partial charge < -0.3 is 15.4 Å². The maximum atomic E-state index is 12.1. The molecule has 0 aromatic carbocycles.